The quantitative estimate of drug-likeness (QED) is 0.794. The summed E-state index contributed by atoms with van der Waals surface area (Å²) in [6.07, 6.45) is 1.82. The van der Waals surface area contributed by atoms with E-state index in [0.29, 0.717) is 10.7 Å². The number of hydrogen-bond acceptors (Lipinski definition) is 2. The largest absolute Gasteiger partial charge is 0.508 e. The van der Waals surface area contributed by atoms with E-state index in [2.05, 4.69) is 5.32 Å². The molecular formula is C12H16ClNO2. The zero-order valence-electron chi connectivity index (χ0n) is 9.46. The first kappa shape index (κ1) is 12.8. The van der Waals surface area contributed by atoms with Gasteiger partial charge in [0.15, 0.2) is 0 Å². The summed E-state index contributed by atoms with van der Waals surface area (Å²) in [6, 6.07) is 4.49. The van der Waals surface area contributed by atoms with Crippen LogP contribution in [0.1, 0.15) is 26.7 Å². The van der Waals surface area contributed by atoms with Crippen molar-refractivity contribution in [2.24, 2.45) is 5.92 Å². The Morgan fingerprint density at radius 1 is 1.56 bits per heavy atom. The Kier molecular flexibility index (Phi) is 4.62. The first-order valence-corrected chi connectivity index (χ1v) is 5.71. The molecule has 1 amide bonds. The summed E-state index contributed by atoms with van der Waals surface area (Å²) in [4.78, 5) is 11.7. The lowest BCUT2D eigenvalue weighted by Crippen LogP contribution is -2.20. The molecule has 1 aromatic carbocycles. The zero-order valence-corrected chi connectivity index (χ0v) is 10.2. The molecule has 0 aliphatic rings. The van der Waals surface area contributed by atoms with Crippen molar-refractivity contribution in [1.82, 2.24) is 0 Å². The first-order valence-electron chi connectivity index (χ1n) is 5.34. The molecule has 88 valence electrons. The second kappa shape index (κ2) is 5.75. The van der Waals surface area contributed by atoms with E-state index in [1.54, 1.807) is 6.07 Å². The highest BCUT2D eigenvalue weighted by molar-refractivity contribution is 6.33. The van der Waals surface area contributed by atoms with Gasteiger partial charge in [-0.25, -0.2) is 0 Å². The number of benzene rings is 1. The lowest BCUT2D eigenvalue weighted by atomic mass is 10.1. The van der Waals surface area contributed by atoms with Gasteiger partial charge < -0.3 is 10.4 Å². The summed E-state index contributed by atoms with van der Waals surface area (Å²) in [7, 11) is 0. The minimum atomic E-state index is -0.0468. The Bertz CT molecular complexity index is 379. The molecule has 0 heterocycles. The van der Waals surface area contributed by atoms with Crippen LogP contribution in [0.4, 0.5) is 5.69 Å². The van der Waals surface area contributed by atoms with Crippen LogP contribution in [-0.4, -0.2) is 11.0 Å². The number of nitrogens with one attached hydrogen (secondary N) is 1. The number of rotatable bonds is 4. The van der Waals surface area contributed by atoms with Crippen LogP contribution in [0.5, 0.6) is 5.75 Å². The van der Waals surface area contributed by atoms with Crippen LogP contribution in [0.15, 0.2) is 18.2 Å². The van der Waals surface area contributed by atoms with Gasteiger partial charge in [0.05, 0.1) is 10.7 Å². The van der Waals surface area contributed by atoms with E-state index in [0.717, 1.165) is 12.8 Å². The van der Waals surface area contributed by atoms with Crippen molar-refractivity contribution in [3.8, 4) is 5.75 Å². The van der Waals surface area contributed by atoms with Gasteiger partial charge in [0.2, 0.25) is 5.91 Å². The van der Waals surface area contributed by atoms with Gasteiger partial charge in [0, 0.05) is 12.0 Å². The number of carbonyl (C=O) groups excluding carboxylic acids is 1. The van der Waals surface area contributed by atoms with E-state index in [-0.39, 0.29) is 17.6 Å². The van der Waals surface area contributed by atoms with E-state index in [1.807, 2.05) is 13.8 Å². The number of amides is 1. The molecule has 0 fully saturated rings. The molecule has 4 heteroatoms. The highest BCUT2D eigenvalue weighted by atomic mass is 35.5. The molecule has 0 aliphatic heterocycles. The third kappa shape index (κ3) is 3.42. The van der Waals surface area contributed by atoms with Crippen molar-refractivity contribution in [2.45, 2.75) is 26.7 Å². The summed E-state index contributed by atoms with van der Waals surface area (Å²) in [5, 5.41) is 12.3. The van der Waals surface area contributed by atoms with Gasteiger partial charge in [-0.15, -0.1) is 0 Å². The SMILES string of the molecule is CCCC(C)C(=O)Nc1ccc(O)cc1Cl. The average Bonchev–Trinajstić information content (AvgIpc) is 2.22. The second-order valence-electron chi connectivity index (χ2n) is 3.84. The number of phenolic OH excluding ortho intramolecular Hbond substituents is 1. The van der Waals surface area contributed by atoms with Crippen LogP contribution < -0.4 is 5.32 Å². The topological polar surface area (TPSA) is 49.3 Å². The van der Waals surface area contributed by atoms with Crippen molar-refractivity contribution in [3.05, 3.63) is 23.2 Å². The summed E-state index contributed by atoms with van der Waals surface area (Å²) in [6.45, 7) is 3.92. The summed E-state index contributed by atoms with van der Waals surface area (Å²) >= 11 is 5.88. The Hall–Kier alpha value is -1.22. The van der Waals surface area contributed by atoms with Gasteiger partial charge in [0.25, 0.3) is 0 Å². The molecule has 0 saturated heterocycles. The fourth-order valence-electron chi connectivity index (χ4n) is 1.43. The Labute approximate surface area is 100 Å². The van der Waals surface area contributed by atoms with Gasteiger partial charge in [-0.3, -0.25) is 4.79 Å². The van der Waals surface area contributed by atoms with Gasteiger partial charge in [-0.05, 0) is 18.6 Å². The van der Waals surface area contributed by atoms with Crippen molar-refractivity contribution >= 4 is 23.2 Å². The van der Waals surface area contributed by atoms with Gasteiger partial charge in [-0.2, -0.15) is 0 Å². The Morgan fingerprint density at radius 2 is 2.25 bits per heavy atom. The van der Waals surface area contributed by atoms with Crippen LogP contribution in [0, 0.1) is 5.92 Å². The molecule has 1 atom stereocenters. The monoisotopic (exact) mass is 241 g/mol. The third-order valence-electron chi connectivity index (χ3n) is 2.38. The molecule has 0 aliphatic carbocycles. The van der Waals surface area contributed by atoms with E-state index in [9.17, 15) is 4.79 Å². The number of anilines is 1. The first-order chi connectivity index (χ1) is 7.54. The van der Waals surface area contributed by atoms with E-state index < -0.39 is 0 Å². The van der Waals surface area contributed by atoms with Crippen molar-refractivity contribution < 1.29 is 9.90 Å². The van der Waals surface area contributed by atoms with E-state index in [4.69, 9.17) is 16.7 Å². The summed E-state index contributed by atoms with van der Waals surface area (Å²) in [5.41, 5.74) is 0.535. The molecule has 1 unspecified atom stereocenters. The highest BCUT2D eigenvalue weighted by Crippen LogP contribution is 2.26. The average molecular weight is 242 g/mol. The fraction of sp³-hybridized carbons (Fsp3) is 0.417. The minimum Gasteiger partial charge on any atom is -0.508 e. The van der Waals surface area contributed by atoms with E-state index >= 15 is 0 Å². The number of aromatic hydroxyl groups is 1. The number of phenols is 1. The van der Waals surface area contributed by atoms with Crippen LogP contribution >= 0.6 is 11.6 Å². The Balaban J connectivity index is 2.69. The molecule has 1 rings (SSSR count). The van der Waals surface area contributed by atoms with Crippen molar-refractivity contribution in [3.63, 3.8) is 0 Å². The smallest absolute Gasteiger partial charge is 0.227 e. The molecule has 3 nitrogen and oxygen atoms in total. The predicted molar refractivity (Wildman–Crippen MR) is 65.8 cm³/mol. The standard InChI is InChI=1S/C12H16ClNO2/c1-3-4-8(2)12(16)14-11-6-5-9(15)7-10(11)13/h5-8,15H,3-4H2,1-2H3,(H,14,16). The molecule has 16 heavy (non-hydrogen) atoms. The van der Waals surface area contributed by atoms with Crippen LogP contribution in [0.3, 0.4) is 0 Å². The highest BCUT2D eigenvalue weighted by Gasteiger charge is 2.13. The molecule has 0 bridgehead atoms. The van der Waals surface area contributed by atoms with E-state index in [1.165, 1.54) is 12.1 Å². The lowest BCUT2D eigenvalue weighted by Gasteiger charge is -2.12. The maximum atomic E-state index is 11.7. The van der Waals surface area contributed by atoms with Crippen molar-refractivity contribution in [2.75, 3.05) is 5.32 Å². The summed E-state index contributed by atoms with van der Waals surface area (Å²) in [5.74, 6) is 0.00825. The fourth-order valence-corrected chi connectivity index (χ4v) is 1.65. The molecule has 0 saturated carbocycles. The normalized spacial score (nSPS) is 12.2. The van der Waals surface area contributed by atoms with Crippen LogP contribution in [-0.2, 0) is 4.79 Å². The van der Waals surface area contributed by atoms with Gasteiger partial charge in [-0.1, -0.05) is 31.9 Å². The molecule has 0 radical (unpaired) electrons. The number of halogens is 1. The van der Waals surface area contributed by atoms with Gasteiger partial charge in [0.1, 0.15) is 5.75 Å². The van der Waals surface area contributed by atoms with Crippen LogP contribution in [0.25, 0.3) is 0 Å². The third-order valence-corrected chi connectivity index (χ3v) is 2.69. The number of hydrogen-bond donors (Lipinski definition) is 2. The van der Waals surface area contributed by atoms with Crippen molar-refractivity contribution in [1.29, 1.82) is 0 Å². The zero-order chi connectivity index (χ0) is 12.1. The molecule has 0 aromatic heterocycles. The molecular weight excluding hydrogens is 226 g/mol. The molecule has 1 aromatic rings. The predicted octanol–water partition coefficient (Wildman–Crippen LogP) is 3.42. The lowest BCUT2D eigenvalue weighted by molar-refractivity contribution is -0.119. The second-order valence-corrected chi connectivity index (χ2v) is 4.25. The molecule has 2 N–H and O–H groups in total. The number of carbonyl (C=O) groups is 1. The van der Waals surface area contributed by atoms with Gasteiger partial charge >= 0.3 is 0 Å². The maximum Gasteiger partial charge on any atom is 0.227 e. The maximum absolute atomic E-state index is 11.7. The molecule has 0 spiro atoms. The minimum absolute atomic E-state index is 0.0325. The summed E-state index contributed by atoms with van der Waals surface area (Å²) < 4.78 is 0. The van der Waals surface area contributed by atoms with Crippen LogP contribution in [0.2, 0.25) is 5.02 Å². The Morgan fingerprint density at radius 3 is 2.81 bits per heavy atom.